The van der Waals surface area contributed by atoms with E-state index in [0.29, 0.717) is 5.69 Å². The van der Waals surface area contributed by atoms with E-state index < -0.39 is 5.60 Å². The van der Waals surface area contributed by atoms with E-state index in [9.17, 15) is 14.7 Å². The molecule has 5 heteroatoms. The molecule has 0 aliphatic rings. The summed E-state index contributed by atoms with van der Waals surface area (Å²) in [5.41, 5.74) is 0.644. The van der Waals surface area contributed by atoms with Crippen molar-refractivity contribution in [2.24, 2.45) is 5.92 Å². The summed E-state index contributed by atoms with van der Waals surface area (Å²) in [5.74, 6) is -0.200. The molecule has 5 nitrogen and oxygen atoms in total. The maximum absolute atomic E-state index is 11.9. The fraction of sp³-hybridized carbons (Fsp3) is 0.500. The third-order valence-corrected chi connectivity index (χ3v) is 3.53. The molecular formula is C16H24N2O3. The minimum Gasteiger partial charge on any atom is -0.388 e. The lowest BCUT2D eigenvalue weighted by Gasteiger charge is -2.27. The molecule has 2 amide bonds. The van der Waals surface area contributed by atoms with Crippen LogP contribution in [-0.2, 0) is 16.0 Å². The van der Waals surface area contributed by atoms with Crippen LogP contribution in [0, 0.1) is 5.92 Å². The smallest absolute Gasteiger partial charge is 0.224 e. The monoisotopic (exact) mass is 292 g/mol. The van der Waals surface area contributed by atoms with Crippen LogP contribution in [-0.4, -0.2) is 29.1 Å². The highest BCUT2D eigenvalue weighted by Gasteiger charge is 2.25. The SMILES string of the molecule is CC(=O)Nc1ccc(CC(=O)NCC(C)(O)C(C)C)cc1. The average molecular weight is 292 g/mol. The van der Waals surface area contributed by atoms with Crippen molar-refractivity contribution in [2.75, 3.05) is 11.9 Å². The van der Waals surface area contributed by atoms with Gasteiger partial charge in [-0.05, 0) is 30.5 Å². The Morgan fingerprint density at radius 1 is 1.24 bits per heavy atom. The topological polar surface area (TPSA) is 78.4 Å². The largest absolute Gasteiger partial charge is 0.388 e. The highest BCUT2D eigenvalue weighted by atomic mass is 16.3. The van der Waals surface area contributed by atoms with Crippen molar-refractivity contribution in [3.8, 4) is 0 Å². The van der Waals surface area contributed by atoms with Crippen molar-refractivity contribution in [2.45, 2.75) is 39.7 Å². The average Bonchev–Trinajstić information content (AvgIpc) is 2.38. The third-order valence-electron chi connectivity index (χ3n) is 3.53. The first-order valence-electron chi connectivity index (χ1n) is 7.06. The summed E-state index contributed by atoms with van der Waals surface area (Å²) in [7, 11) is 0. The lowest BCUT2D eigenvalue weighted by atomic mass is 9.92. The van der Waals surface area contributed by atoms with Gasteiger partial charge in [-0.15, -0.1) is 0 Å². The first-order chi connectivity index (χ1) is 9.70. The van der Waals surface area contributed by atoms with Crippen molar-refractivity contribution in [1.29, 1.82) is 0 Å². The Hall–Kier alpha value is -1.88. The van der Waals surface area contributed by atoms with Crippen LogP contribution in [0.3, 0.4) is 0 Å². The first-order valence-corrected chi connectivity index (χ1v) is 7.06. The zero-order valence-corrected chi connectivity index (χ0v) is 13.1. The van der Waals surface area contributed by atoms with Gasteiger partial charge < -0.3 is 15.7 Å². The van der Waals surface area contributed by atoms with Gasteiger partial charge in [0.1, 0.15) is 0 Å². The Morgan fingerprint density at radius 2 is 1.81 bits per heavy atom. The fourth-order valence-corrected chi connectivity index (χ4v) is 1.64. The van der Waals surface area contributed by atoms with Gasteiger partial charge in [0, 0.05) is 19.2 Å². The fourth-order valence-electron chi connectivity index (χ4n) is 1.64. The molecule has 1 atom stereocenters. The van der Waals surface area contributed by atoms with Crippen molar-refractivity contribution in [3.05, 3.63) is 29.8 Å². The molecule has 0 saturated carbocycles. The molecule has 1 rings (SSSR count). The Labute approximate surface area is 125 Å². The maximum atomic E-state index is 11.9. The normalized spacial score (nSPS) is 13.6. The van der Waals surface area contributed by atoms with Gasteiger partial charge >= 0.3 is 0 Å². The van der Waals surface area contributed by atoms with Gasteiger partial charge in [-0.25, -0.2) is 0 Å². The highest BCUT2D eigenvalue weighted by Crippen LogP contribution is 2.14. The third kappa shape index (κ3) is 5.95. The molecule has 0 radical (unpaired) electrons. The first kappa shape index (κ1) is 17.2. The zero-order valence-electron chi connectivity index (χ0n) is 13.1. The number of benzene rings is 1. The molecule has 0 bridgehead atoms. The molecule has 21 heavy (non-hydrogen) atoms. The van der Waals surface area contributed by atoms with Crippen molar-refractivity contribution in [3.63, 3.8) is 0 Å². The second kappa shape index (κ2) is 7.22. The summed E-state index contributed by atoms with van der Waals surface area (Å²) in [6.07, 6.45) is 0.245. The predicted molar refractivity (Wildman–Crippen MR) is 82.9 cm³/mol. The Kier molecular flexibility index (Phi) is 5.90. The number of aliphatic hydroxyl groups is 1. The minimum absolute atomic E-state index is 0.0646. The van der Waals surface area contributed by atoms with E-state index >= 15 is 0 Å². The van der Waals surface area contributed by atoms with Crippen LogP contribution in [0.2, 0.25) is 0 Å². The van der Waals surface area contributed by atoms with Gasteiger partial charge in [-0.1, -0.05) is 26.0 Å². The molecule has 0 aromatic heterocycles. The number of hydrogen-bond acceptors (Lipinski definition) is 3. The highest BCUT2D eigenvalue weighted by molar-refractivity contribution is 5.88. The van der Waals surface area contributed by atoms with Crippen LogP contribution in [0.4, 0.5) is 5.69 Å². The number of carbonyl (C=O) groups is 2. The molecule has 0 fully saturated rings. The Morgan fingerprint density at radius 3 is 2.29 bits per heavy atom. The zero-order chi connectivity index (χ0) is 16.0. The van der Waals surface area contributed by atoms with E-state index in [1.54, 1.807) is 31.2 Å². The summed E-state index contributed by atoms with van der Waals surface area (Å²) in [5, 5.41) is 15.5. The molecule has 0 heterocycles. The predicted octanol–water partition coefficient (Wildman–Crippen LogP) is 1.71. The van der Waals surface area contributed by atoms with Crippen LogP contribution in [0.15, 0.2) is 24.3 Å². The minimum atomic E-state index is -0.912. The molecule has 1 aromatic rings. The van der Waals surface area contributed by atoms with Gasteiger partial charge in [-0.3, -0.25) is 9.59 Å². The van der Waals surface area contributed by atoms with E-state index in [4.69, 9.17) is 0 Å². The molecule has 116 valence electrons. The van der Waals surface area contributed by atoms with E-state index in [1.165, 1.54) is 6.92 Å². The molecule has 1 aromatic carbocycles. The number of rotatable bonds is 6. The summed E-state index contributed by atoms with van der Waals surface area (Å²) in [6, 6.07) is 7.11. The molecule has 0 aliphatic heterocycles. The number of amides is 2. The second-order valence-corrected chi connectivity index (χ2v) is 5.84. The van der Waals surface area contributed by atoms with Crippen molar-refractivity contribution in [1.82, 2.24) is 5.32 Å². The summed E-state index contributed by atoms with van der Waals surface area (Å²) in [6.45, 7) is 7.20. The molecule has 0 saturated heterocycles. The molecule has 1 unspecified atom stereocenters. The molecule has 3 N–H and O–H groups in total. The molecule has 0 spiro atoms. The van der Waals surface area contributed by atoms with Crippen LogP contribution >= 0.6 is 0 Å². The summed E-state index contributed by atoms with van der Waals surface area (Å²) < 4.78 is 0. The van der Waals surface area contributed by atoms with Gasteiger partial charge in [0.25, 0.3) is 0 Å². The van der Waals surface area contributed by atoms with Gasteiger partial charge in [0.2, 0.25) is 11.8 Å². The lowest BCUT2D eigenvalue weighted by molar-refractivity contribution is -0.122. The van der Waals surface area contributed by atoms with Crippen LogP contribution in [0.1, 0.15) is 33.3 Å². The standard InChI is InChI=1S/C16H24N2O3/c1-11(2)16(4,21)10-17-15(20)9-13-5-7-14(8-6-13)18-12(3)19/h5-8,11,21H,9-10H2,1-4H3,(H,17,20)(H,18,19). The number of anilines is 1. The Bertz CT molecular complexity index is 493. The maximum Gasteiger partial charge on any atom is 0.224 e. The molecule has 0 aliphatic carbocycles. The summed E-state index contributed by atoms with van der Waals surface area (Å²) >= 11 is 0. The number of nitrogens with one attached hydrogen (secondary N) is 2. The summed E-state index contributed by atoms with van der Waals surface area (Å²) in [4.78, 5) is 22.8. The van der Waals surface area contributed by atoms with E-state index in [-0.39, 0.29) is 30.7 Å². The van der Waals surface area contributed by atoms with Crippen molar-refractivity contribution < 1.29 is 14.7 Å². The lowest BCUT2D eigenvalue weighted by Crippen LogP contribution is -2.44. The van der Waals surface area contributed by atoms with E-state index in [2.05, 4.69) is 10.6 Å². The van der Waals surface area contributed by atoms with Crippen LogP contribution in [0.5, 0.6) is 0 Å². The Balaban J connectivity index is 2.50. The second-order valence-electron chi connectivity index (χ2n) is 5.84. The van der Waals surface area contributed by atoms with Crippen molar-refractivity contribution >= 4 is 17.5 Å². The number of carbonyl (C=O) groups excluding carboxylic acids is 2. The van der Waals surface area contributed by atoms with Gasteiger partial charge in [0.05, 0.1) is 12.0 Å². The van der Waals surface area contributed by atoms with Crippen LogP contribution < -0.4 is 10.6 Å². The van der Waals surface area contributed by atoms with Gasteiger partial charge in [-0.2, -0.15) is 0 Å². The number of hydrogen-bond donors (Lipinski definition) is 3. The van der Waals surface area contributed by atoms with Gasteiger partial charge in [0.15, 0.2) is 0 Å². The van der Waals surface area contributed by atoms with E-state index in [1.807, 2.05) is 13.8 Å². The quantitative estimate of drug-likeness (QED) is 0.747. The van der Waals surface area contributed by atoms with E-state index in [0.717, 1.165) is 5.56 Å². The van der Waals surface area contributed by atoms with Crippen LogP contribution in [0.25, 0.3) is 0 Å². The molecular weight excluding hydrogens is 268 g/mol.